The van der Waals surface area contributed by atoms with Crippen molar-refractivity contribution in [3.63, 3.8) is 0 Å². The van der Waals surface area contributed by atoms with Crippen LogP contribution >= 0.6 is 0 Å². The molecule has 34 heteroatoms. The SMILES string of the molecule is CCCCCCCCCCCCC/C=C/[C@@H](O)[C@H](CO[C@@H]1OC(CO)[C@@H](O[C@@H]2OC(CO)[C@H](O)[C@H](O[C@@H]3OC(CO)[C@@H](O[C@@H]4OC(CO)[C@H](O)[C@H](O[C@H]5OC(CO)[C@H](O)[C@H](O)C5O)C4O)[C@H](O[C@H]4OC(C)[C@@H](O)C(O)[C@@H]4O)C3NC(C)=O)C2O)[C@H](O)C1O)NC(=O)CCCCCCCCCCCCCCC. The lowest BCUT2D eigenvalue weighted by Crippen LogP contribution is -2.71. The first kappa shape index (κ1) is 92.3. The second-order valence-electron chi connectivity index (χ2n) is 29.2. The van der Waals surface area contributed by atoms with E-state index in [9.17, 15) is 102 Å². The monoisotopic (exact) mass is 1530 g/mol. The topological polar surface area (TPSA) is 533 Å². The summed E-state index contributed by atoms with van der Waals surface area (Å²) in [6.07, 6.45) is -25.5. The van der Waals surface area contributed by atoms with E-state index in [-0.39, 0.29) is 12.3 Å². The van der Waals surface area contributed by atoms with Crippen LogP contribution in [0.4, 0.5) is 0 Å². The maximum absolute atomic E-state index is 13.5. The van der Waals surface area contributed by atoms with Crippen LogP contribution in [0.15, 0.2) is 12.2 Å². The Morgan fingerprint density at radius 3 is 1.24 bits per heavy atom. The fraction of sp³-hybridized carbons (Fsp3) is 0.944. The molecule has 0 aliphatic carbocycles. The minimum Gasteiger partial charge on any atom is -0.394 e. The zero-order valence-electron chi connectivity index (χ0n) is 62.0. The number of carbonyl (C=O) groups is 2. The number of hydrogen-bond donors (Lipinski definition) is 20. The lowest BCUT2D eigenvalue weighted by atomic mass is 9.93. The molecule has 0 aromatic rings. The van der Waals surface area contributed by atoms with E-state index in [1.165, 1.54) is 103 Å². The third-order valence-corrected chi connectivity index (χ3v) is 20.8. The molecule has 20 N–H and O–H groups in total. The second kappa shape index (κ2) is 48.5. The Hall–Kier alpha value is -2.52. The third-order valence-electron chi connectivity index (χ3n) is 20.8. The molecule has 6 aliphatic heterocycles. The summed E-state index contributed by atoms with van der Waals surface area (Å²) >= 11 is 0. The van der Waals surface area contributed by atoms with E-state index in [1.54, 1.807) is 6.08 Å². The van der Waals surface area contributed by atoms with E-state index in [4.69, 9.17) is 56.8 Å². The molecule has 0 radical (unpaired) electrons. The number of carbonyl (C=O) groups excluding carboxylic acids is 2. The molecule has 0 saturated carbocycles. The molecule has 6 rings (SSSR count). The Bertz CT molecular complexity index is 2420. The van der Waals surface area contributed by atoms with E-state index >= 15 is 0 Å². The summed E-state index contributed by atoms with van der Waals surface area (Å²) in [5.74, 6) is -1.25. The van der Waals surface area contributed by atoms with Crippen LogP contribution in [0, 0.1) is 0 Å². The van der Waals surface area contributed by atoms with Crippen LogP contribution in [0.5, 0.6) is 0 Å². The van der Waals surface area contributed by atoms with Gasteiger partial charge in [0.25, 0.3) is 0 Å². The number of aliphatic hydroxyl groups excluding tert-OH is 18. The number of rotatable bonds is 48. The number of unbranched alkanes of at least 4 members (excludes halogenated alkanes) is 23. The van der Waals surface area contributed by atoms with Crippen LogP contribution in [0.1, 0.15) is 195 Å². The normalized spacial score (nSPS) is 38.7. The largest absolute Gasteiger partial charge is 0.394 e. The first-order valence-corrected chi connectivity index (χ1v) is 38.8. The van der Waals surface area contributed by atoms with E-state index in [0.717, 1.165) is 58.3 Å². The summed E-state index contributed by atoms with van der Waals surface area (Å²) in [6, 6.07) is -2.97. The Labute approximate surface area is 621 Å². The van der Waals surface area contributed by atoms with Crippen LogP contribution in [0.3, 0.4) is 0 Å². The van der Waals surface area contributed by atoms with Crippen LogP contribution in [-0.2, 0) is 66.4 Å². The van der Waals surface area contributed by atoms with Crippen molar-refractivity contribution in [2.24, 2.45) is 0 Å². The molecule has 0 aromatic heterocycles. The van der Waals surface area contributed by atoms with Gasteiger partial charge in [0, 0.05) is 13.3 Å². The molecule has 0 bridgehead atoms. The highest BCUT2D eigenvalue weighted by Crippen LogP contribution is 2.39. The summed E-state index contributed by atoms with van der Waals surface area (Å²) < 4.78 is 71.6. The Morgan fingerprint density at radius 2 is 0.755 bits per heavy atom. The lowest BCUT2D eigenvalue weighted by molar-refractivity contribution is -0.397. The van der Waals surface area contributed by atoms with E-state index in [0.29, 0.717) is 12.8 Å². The van der Waals surface area contributed by atoms with Gasteiger partial charge in [-0.25, -0.2) is 0 Å². The highest BCUT2D eigenvalue weighted by atomic mass is 16.8. The van der Waals surface area contributed by atoms with Crippen molar-refractivity contribution in [1.82, 2.24) is 10.6 Å². The van der Waals surface area contributed by atoms with Gasteiger partial charge in [0.15, 0.2) is 37.7 Å². The molecular weight excluding hydrogens is 1400 g/mol. The molecule has 2 amide bonds. The van der Waals surface area contributed by atoms with Crippen LogP contribution in [-0.4, -0.2) is 340 Å². The third kappa shape index (κ3) is 27.1. The summed E-state index contributed by atoms with van der Waals surface area (Å²) in [4.78, 5) is 26.9. The maximum atomic E-state index is 13.5. The number of aliphatic hydroxyl groups is 18. The second-order valence-corrected chi connectivity index (χ2v) is 29.2. The number of ether oxygens (including phenoxy) is 12. The van der Waals surface area contributed by atoms with Gasteiger partial charge in [-0.05, 0) is 26.2 Å². The highest BCUT2D eigenvalue weighted by molar-refractivity contribution is 5.76. The fourth-order valence-corrected chi connectivity index (χ4v) is 14.3. The van der Waals surface area contributed by atoms with Gasteiger partial charge in [-0.15, -0.1) is 0 Å². The van der Waals surface area contributed by atoms with Gasteiger partial charge in [0.1, 0.15) is 140 Å². The Kier molecular flexibility index (Phi) is 42.3. The van der Waals surface area contributed by atoms with Crippen LogP contribution in [0.2, 0.25) is 0 Å². The molecule has 6 saturated heterocycles. The molecule has 12 unspecified atom stereocenters. The average molecular weight is 1540 g/mol. The molecule has 0 aromatic carbocycles. The molecule has 6 fully saturated rings. The van der Waals surface area contributed by atoms with Crippen molar-refractivity contribution in [1.29, 1.82) is 0 Å². The Morgan fingerprint density at radius 1 is 0.387 bits per heavy atom. The first-order valence-electron chi connectivity index (χ1n) is 38.8. The number of nitrogens with one attached hydrogen (secondary N) is 2. The lowest BCUT2D eigenvalue weighted by Gasteiger charge is -2.52. The van der Waals surface area contributed by atoms with Gasteiger partial charge in [0.2, 0.25) is 11.8 Å². The highest BCUT2D eigenvalue weighted by Gasteiger charge is 2.59. The minimum atomic E-state index is -2.25. The molecule has 6 heterocycles. The molecule has 32 atom stereocenters. The molecule has 6 aliphatic rings. The first-order chi connectivity index (χ1) is 50.9. The fourth-order valence-electron chi connectivity index (χ4n) is 14.3. The molecule has 0 spiro atoms. The number of allylic oxidation sites excluding steroid dienone is 1. The van der Waals surface area contributed by atoms with Gasteiger partial charge in [-0.1, -0.05) is 167 Å². The van der Waals surface area contributed by atoms with Crippen molar-refractivity contribution in [2.75, 3.05) is 39.6 Å². The van der Waals surface area contributed by atoms with Crippen molar-refractivity contribution in [3.05, 3.63) is 12.2 Å². The molecule has 34 nitrogen and oxygen atoms in total. The zero-order valence-corrected chi connectivity index (χ0v) is 62.0. The summed E-state index contributed by atoms with van der Waals surface area (Å²) in [5, 5.41) is 205. The average Bonchev–Trinajstić information content (AvgIpc) is 0.761. The van der Waals surface area contributed by atoms with Crippen LogP contribution < -0.4 is 10.6 Å². The quantitative estimate of drug-likeness (QED) is 0.0225. The minimum absolute atomic E-state index is 0.170. The van der Waals surface area contributed by atoms with E-state index in [2.05, 4.69) is 24.5 Å². The zero-order chi connectivity index (χ0) is 77.6. The number of hydrogen-bond acceptors (Lipinski definition) is 32. The smallest absolute Gasteiger partial charge is 0.220 e. The molecule has 106 heavy (non-hydrogen) atoms. The van der Waals surface area contributed by atoms with Gasteiger partial charge in [-0.2, -0.15) is 0 Å². The van der Waals surface area contributed by atoms with E-state index in [1.807, 2.05) is 6.08 Å². The van der Waals surface area contributed by atoms with Crippen molar-refractivity contribution < 1.29 is 158 Å². The standard InChI is InChI=1S/C72H130N2O32/c1-5-7-9-11-13-15-17-19-21-23-25-27-29-31-42(81)41(74-48(82)32-30-28-26-24-22-20-18-16-14-12-10-8-6-2)38-95-68-59(92)56(89)62(46(36-78)101-68)102-71-60(93)65(52(85)44(34-76)98-71)105-67-49(73-40(4)80)64(104-69-57(90)54(87)50(83)39(3)96-69)63(47(37-79)100-67)103-72-61(94)66(53(86)45(35-77)99-72)106-70-58(91)55(88)51(84)43(33-75)97-70/h29,31,39,41-47,49-72,75-79,81,83-94H,5-28,30,32-38H2,1-4H3,(H,73,80)(H,74,82)/b31-29+/t39?,41-,42+,43?,44?,45?,46?,47?,49?,50+,51-,52-,53-,54?,55-,56+,57-,58?,59?,60?,61?,62+,63+,64+,65-,66-,67-,68+,69+,70+,71-,72-/m0/s1. The molecule has 620 valence electrons. The predicted molar refractivity (Wildman–Crippen MR) is 372 cm³/mol. The molecular formula is C72H130N2O32. The Balaban J connectivity index is 1.17. The summed E-state index contributed by atoms with van der Waals surface area (Å²) in [5.41, 5.74) is 0. The predicted octanol–water partition coefficient (Wildman–Crippen LogP) is -2.32. The van der Waals surface area contributed by atoms with Gasteiger partial charge >= 0.3 is 0 Å². The number of amides is 2. The summed E-state index contributed by atoms with van der Waals surface area (Å²) in [7, 11) is 0. The maximum Gasteiger partial charge on any atom is 0.220 e. The van der Waals surface area contributed by atoms with Gasteiger partial charge < -0.3 is 159 Å². The van der Waals surface area contributed by atoms with Gasteiger partial charge in [-0.3, -0.25) is 9.59 Å². The van der Waals surface area contributed by atoms with Crippen molar-refractivity contribution in [2.45, 2.75) is 391 Å². The van der Waals surface area contributed by atoms with Crippen molar-refractivity contribution in [3.8, 4) is 0 Å². The van der Waals surface area contributed by atoms with E-state index < -0.39 is 242 Å². The van der Waals surface area contributed by atoms with Crippen molar-refractivity contribution >= 4 is 11.8 Å². The van der Waals surface area contributed by atoms with Crippen LogP contribution in [0.25, 0.3) is 0 Å². The summed E-state index contributed by atoms with van der Waals surface area (Å²) in [6.45, 7) is 1.22. The van der Waals surface area contributed by atoms with Gasteiger partial charge in [0.05, 0.1) is 57.9 Å².